The smallest absolute Gasteiger partial charge is 0.161 e. The summed E-state index contributed by atoms with van der Waals surface area (Å²) in [7, 11) is -3.38. The van der Waals surface area contributed by atoms with E-state index in [1.807, 2.05) is 0 Å². The van der Waals surface area contributed by atoms with Gasteiger partial charge in [0.15, 0.2) is 9.84 Å². The molecule has 0 saturated carbocycles. The maximum atomic E-state index is 12.0. The van der Waals surface area contributed by atoms with E-state index in [-0.39, 0.29) is 46.9 Å². The monoisotopic (exact) mass is 318 g/mol. The first-order valence-corrected chi connectivity index (χ1v) is 5.87. The van der Waals surface area contributed by atoms with Crippen molar-refractivity contribution in [3.05, 3.63) is 60.7 Å². The largest absolute Gasteiger partial charge is 0.223 e. The van der Waals surface area contributed by atoms with E-state index in [0.717, 1.165) is 0 Å². The van der Waals surface area contributed by atoms with Crippen molar-refractivity contribution < 1.29 is 45.5 Å². The van der Waals surface area contributed by atoms with Crippen LogP contribution in [0.5, 0.6) is 0 Å². The van der Waals surface area contributed by atoms with Crippen molar-refractivity contribution >= 4 is 9.84 Å². The van der Waals surface area contributed by atoms with Crippen LogP contribution < -0.4 is 0 Å². The summed E-state index contributed by atoms with van der Waals surface area (Å²) >= 11 is 0. The van der Waals surface area contributed by atoms with E-state index in [0.29, 0.717) is 0 Å². The van der Waals surface area contributed by atoms with Gasteiger partial charge in [-0.15, -0.1) is 0 Å². The van der Waals surface area contributed by atoms with Gasteiger partial charge in [0, 0.05) is 37.1 Å². The van der Waals surface area contributed by atoms with Crippen LogP contribution in [-0.2, 0) is 46.9 Å². The number of sulfone groups is 1. The molecular weight excluding hydrogens is 310 g/mol. The molecule has 0 heterocycles. The van der Waals surface area contributed by atoms with Crippen LogP contribution in [-0.4, -0.2) is 8.42 Å². The van der Waals surface area contributed by atoms with Crippen molar-refractivity contribution in [1.29, 1.82) is 0 Å². The Balaban J connectivity index is 0.00000128. The molecule has 0 aliphatic carbocycles. The van der Waals surface area contributed by atoms with Crippen molar-refractivity contribution in [1.82, 2.24) is 0 Å². The first kappa shape index (κ1) is 16.6. The topological polar surface area (TPSA) is 34.1 Å². The summed E-state index contributed by atoms with van der Waals surface area (Å²) in [5.41, 5.74) is 0. The second kappa shape index (κ2) is 7.10. The zero-order valence-electron chi connectivity index (χ0n) is 8.74. The normalized spacial score (nSPS) is 9.88. The van der Waals surface area contributed by atoms with Gasteiger partial charge in [0.25, 0.3) is 0 Å². The van der Waals surface area contributed by atoms with Crippen molar-refractivity contribution in [2.24, 2.45) is 0 Å². The molecule has 2 aromatic carbocycles. The van der Waals surface area contributed by atoms with Crippen molar-refractivity contribution in [2.75, 3.05) is 0 Å². The summed E-state index contributed by atoms with van der Waals surface area (Å²) in [6.07, 6.45) is 0. The molecule has 0 aliphatic heterocycles. The Morgan fingerprint density at radius 3 is 1.29 bits per heavy atom. The minimum absolute atomic E-state index is 0. The maximum absolute atomic E-state index is 12.0. The molecule has 0 amide bonds. The zero-order chi connectivity index (χ0) is 10.7. The number of rotatable bonds is 2. The van der Waals surface area contributed by atoms with Crippen LogP contribution in [0.1, 0.15) is 0 Å². The van der Waals surface area contributed by atoms with E-state index in [2.05, 4.69) is 12.1 Å². The quantitative estimate of drug-likeness (QED) is 0.795. The van der Waals surface area contributed by atoms with Crippen molar-refractivity contribution in [3.8, 4) is 0 Å². The van der Waals surface area contributed by atoms with Gasteiger partial charge >= 0.3 is 0 Å². The number of hydrogen-bond acceptors (Lipinski definition) is 2. The van der Waals surface area contributed by atoms with Gasteiger partial charge in [0.05, 0.1) is 0 Å². The average Bonchev–Trinajstić information content (AvgIpc) is 2.31. The second-order valence-electron chi connectivity index (χ2n) is 2.97. The van der Waals surface area contributed by atoms with E-state index in [9.17, 15) is 8.42 Å². The molecule has 2 rings (SSSR count). The molecular formula is C12H8O2SV2-2. The summed E-state index contributed by atoms with van der Waals surface area (Å²) in [6.45, 7) is 0. The Morgan fingerprint density at radius 2 is 1.00 bits per heavy atom. The molecule has 0 atom stereocenters. The molecule has 86 valence electrons. The third-order valence-electron chi connectivity index (χ3n) is 2.00. The van der Waals surface area contributed by atoms with Gasteiger partial charge in [-0.1, -0.05) is 0 Å². The SMILES string of the molecule is O=S(=O)(c1cc[c-]cc1)c1cc[c-]cc1.[V].[V]. The predicted octanol–water partition coefficient (Wildman–Crippen LogP) is 2.11. The van der Waals surface area contributed by atoms with Gasteiger partial charge in [-0.25, -0.2) is 8.42 Å². The molecule has 0 fully saturated rings. The van der Waals surface area contributed by atoms with Crippen molar-refractivity contribution in [3.63, 3.8) is 0 Å². The minimum atomic E-state index is -3.38. The Kier molecular flexibility index (Phi) is 6.91. The predicted molar refractivity (Wildman–Crippen MR) is 56.0 cm³/mol. The number of hydrogen-bond donors (Lipinski definition) is 0. The fraction of sp³-hybridized carbons (Fsp3) is 0. The summed E-state index contributed by atoms with van der Waals surface area (Å²) in [4.78, 5) is 0.569. The van der Waals surface area contributed by atoms with Gasteiger partial charge in [-0.2, -0.15) is 60.7 Å². The van der Waals surface area contributed by atoms with E-state index < -0.39 is 9.84 Å². The summed E-state index contributed by atoms with van der Waals surface area (Å²) in [5.74, 6) is 0. The molecule has 0 bridgehead atoms. The molecule has 2 aromatic rings. The van der Waals surface area contributed by atoms with Crippen LogP contribution in [0.15, 0.2) is 58.3 Å². The molecule has 0 aromatic heterocycles. The Hall–Kier alpha value is -0.441. The molecule has 0 N–H and O–H groups in total. The third-order valence-corrected chi connectivity index (χ3v) is 3.78. The molecule has 2 nitrogen and oxygen atoms in total. The molecule has 2 radical (unpaired) electrons. The molecule has 0 spiro atoms. The molecule has 0 unspecified atom stereocenters. The van der Waals surface area contributed by atoms with Crippen LogP contribution in [0.25, 0.3) is 0 Å². The number of benzene rings is 2. The third kappa shape index (κ3) is 3.77. The van der Waals surface area contributed by atoms with E-state index in [4.69, 9.17) is 0 Å². The van der Waals surface area contributed by atoms with Crippen LogP contribution in [0.4, 0.5) is 0 Å². The zero-order valence-corrected chi connectivity index (χ0v) is 12.3. The first-order valence-electron chi connectivity index (χ1n) is 4.38. The standard InChI is InChI=1S/C12H8O2S.2V/c13-15(14,11-7-3-1-4-8-11)12-9-5-2-6-10-12;;/h3-10H;;/q-2;;. The summed E-state index contributed by atoms with van der Waals surface area (Å²) < 4.78 is 24.0. The van der Waals surface area contributed by atoms with Gasteiger partial charge in [-0.3, -0.25) is 0 Å². The summed E-state index contributed by atoms with van der Waals surface area (Å²) in [5, 5.41) is 0. The minimum Gasteiger partial charge on any atom is -0.223 e. The molecule has 0 saturated heterocycles. The van der Waals surface area contributed by atoms with Crippen LogP contribution in [0.3, 0.4) is 0 Å². The Bertz CT molecular complexity index is 494. The van der Waals surface area contributed by atoms with Gasteiger partial charge in [0.2, 0.25) is 0 Å². The van der Waals surface area contributed by atoms with Gasteiger partial charge < -0.3 is 0 Å². The average molecular weight is 318 g/mol. The molecule has 0 aliphatic rings. The molecule has 5 heteroatoms. The van der Waals surface area contributed by atoms with Crippen LogP contribution in [0.2, 0.25) is 0 Å². The van der Waals surface area contributed by atoms with Crippen LogP contribution in [0, 0.1) is 12.1 Å². The van der Waals surface area contributed by atoms with Crippen LogP contribution >= 0.6 is 0 Å². The van der Waals surface area contributed by atoms with Crippen molar-refractivity contribution in [2.45, 2.75) is 9.79 Å². The maximum Gasteiger partial charge on any atom is 0.161 e. The fourth-order valence-electron chi connectivity index (χ4n) is 1.24. The van der Waals surface area contributed by atoms with Gasteiger partial charge in [0.1, 0.15) is 0 Å². The molecule has 17 heavy (non-hydrogen) atoms. The van der Waals surface area contributed by atoms with E-state index in [1.165, 1.54) is 24.3 Å². The first-order chi connectivity index (χ1) is 7.21. The van der Waals surface area contributed by atoms with Gasteiger partial charge in [-0.05, 0) is 9.79 Å². The van der Waals surface area contributed by atoms with E-state index >= 15 is 0 Å². The second-order valence-corrected chi connectivity index (χ2v) is 4.92. The van der Waals surface area contributed by atoms with E-state index in [1.54, 1.807) is 24.3 Å². The summed E-state index contributed by atoms with van der Waals surface area (Å²) in [6, 6.07) is 18.0. The Labute approximate surface area is 125 Å². The fourth-order valence-corrected chi connectivity index (χ4v) is 2.50. The Morgan fingerprint density at radius 1 is 0.706 bits per heavy atom.